The molecule has 4 nitrogen and oxygen atoms in total. The number of aryl methyl sites for hydroxylation is 1. The lowest BCUT2D eigenvalue weighted by Gasteiger charge is -2.11. The Hall–Kier alpha value is -2.49. The summed E-state index contributed by atoms with van der Waals surface area (Å²) in [6.45, 7) is 3.80. The monoisotopic (exact) mass is 271 g/mol. The fourth-order valence-corrected chi connectivity index (χ4v) is 1.84. The van der Waals surface area contributed by atoms with Gasteiger partial charge in [0, 0.05) is 5.56 Å². The normalized spacial score (nSPS) is 10.1. The quantitative estimate of drug-likeness (QED) is 0.893. The van der Waals surface area contributed by atoms with Crippen molar-refractivity contribution in [3.05, 3.63) is 59.2 Å². The summed E-state index contributed by atoms with van der Waals surface area (Å²) in [5.41, 5.74) is 2.96. The van der Waals surface area contributed by atoms with E-state index in [1.165, 1.54) is 0 Å². The molecule has 2 aromatic carbocycles. The standard InChI is InChI=1S/C16H17NO3/c1-11-8-14(12(2)15(18)9-11)17-16(19)20-10-13-6-4-3-5-7-13/h3-9,18H,10H2,1-2H3,(H,17,19). The van der Waals surface area contributed by atoms with Crippen LogP contribution in [0, 0.1) is 13.8 Å². The molecule has 0 aliphatic rings. The number of benzene rings is 2. The van der Waals surface area contributed by atoms with Crippen molar-refractivity contribution in [3.8, 4) is 5.75 Å². The maximum atomic E-state index is 11.7. The number of phenolic OH excluding ortho intramolecular Hbond substituents is 1. The molecule has 2 aromatic rings. The minimum absolute atomic E-state index is 0.156. The van der Waals surface area contributed by atoms with Gasteiger partial charge in [-0.2, -0.15) is 0 Å². The van der Waals surface area contributed by atoms with Gasteiger partial charge in [0.25, 0.3) is 0 Å². The molecule has 20 heavy (non-hydrogen) atoms. The van der Waals surface area contributed by atoms with Gasteiger partial charge in [-0.05, 0) is 37.1 Å². The molecule has 0 spiro atoms. The first kappa shape index (κ1) is 13.9. The van der Waals surface area contributed by atoms with E-state index in [0.29, 0.717) is 11.3 Å². The summed E-state index contributed by atoms with van der Waals surface area (Å²) < 4.78 is 5.14. The van der Waals surface area contributed by atoms with E-state index in [9.17, 15) is 9.90 Å². The Balaban J connectivity index is 1.98. The molecule has 0 aromatic heterocycles. The molecule has 0 saturated carbocycles. The zero-order valence-electron chi connectivity index (χ0n) is 11.5. The average molecular weight is 271 g/mol. The third-order valence-electron chi connectivity index (χ3n) is 2.97. The molecular weight excluding hydrogens is 254 g/mol. The highest BCUT2D eigenvalue weighted by Crippen LogP contribution is 2.26. The van der Waals surface area contributed by atoms with Crippen LogP contribution in [0.3, 0.4) is 0 Å². The highest BCUT2D eigenvalue weighted by molar-refractivity contribution is 5.86. The van der Waals surface area contributed by atoms with Crippen molar-refractivity contribution < 1.29 is 14.6 Å². The van der Waals surface area contributed by atoms with E-state index in [4.69, 9.17) is 4.74 Å². The summed E-state index contributed by atoms with van der Waals surface area (Å²) in [6.07, 6.45) is -0.540. The van der Waals surface area contributed by atoms with Gasteiger partial charge < -0.3 is 9.84 Å². The third kappa shape index (κ3) is 3.51. The third-order valence-corrected chi connectivity index (χ3v) is 2.97. The molecule has 0 heterocycles. The SMILES string of the molecule is Cc1cc(O)c(C)c(NC(=O)OCc2ccccc2)c1. The maximum Gasteiger partial charge on any atom is 0.411 e. The van der Waals surface area contributed by atoms with E-state index in [1.807, 2.05) is 37.3 Å². The van der Waals surface area contributed by atoms with Crippen molar-refractivity contribution >= 4 is 11.8 Å². The van der Waals surface area contributed by atoms with Crippen LogP contribution in [0.1, 0.15) is 16.7 Å². The molecule has 0 fully saturated rings. The maximum absolute atomic E-state index is 11.7. The first-order valence-electron chi connectivity index (χ1n) is 6.34. The first-order valence-corrected chi connectivity index (χ1v) is 6.34. The van der Waals surface area contributed by atoms with E-state index in [1.54, 1.807) is 19.1 Å². The Kier molecular flexibility index (Phi) is 4.25. The molecule has 0 saturated heterocycles. The molecular formula is C16H17NO3. The molecule has 0 radical (unpaired) electrons. The summed E-state index contributed by atoms with van der Waals surface area (Å²) in [5, 5.41) is 12.4. The van der Waals surface area contributed by atoms with Gasteiger partial charge in [-0.15, -0.1) is 0 Å². The zero-order chi connectivity index (χ0) is 14.5. The fourth-order valence-electron chi connectivity index (χ4n) is 1.84. The summed E-state index contributed by atoms with van der Waals surface area (Å²) in [4.78, 5) is 11.7. The largest absolute Gasteiger partial charge is 0.508 e. The Bertz CT molecular complexity index is 609. The van der Waals surface area contributed by atoms with Gasteiger partial charge in [-0.3, -0.25) is 5.32 Å². The van der Waals surface area contributed by atoms with Crippen LogP contribution in [0.5, 0.6) is 5.75 Å². The molecule has 0 unspecified atom stereocenters. The summed E-state index contributed by atoms with van der Waals surface area (Å²) in [6, 6.07) is 12.9. The minimum atomic E-state index is -0.540. The van der Waals surface area contributed by atoms with Crippen LogP contribution in [0.2, 0.25) is 0 Å². The Labute approximate surface area is 118 Å². The molecule has 0 bridgehead atoms. The van der Waals surface area contributed by atoms with Gasteiger partial charge in [-0.1, -0.05) is 30.3 Å². The number of hydrogen-bond acceptors (Lipinski definition) is 3. The van der Waals surface area contributed by atoms with E-state index in [-0.39, 0.29) is 12.4 Å². The Morgan fingerprint density at radius 1 is 1.20 bits per heavy atom. The van der Waals surface area contributed by atoms with Gasteiger partial charge >= 0.3 is 6.09 Å². The molecule has 0 aliphatic heterocycles. The number of rotatable bonds is 3. The highest BCUT2D eigenvalue weighted by Gasteiger charge is 2.09. The number of ether oxygens (including phenoxy) is 1. The lowest BCUT2D eigenvalue weighted by Crippen LogP contribution is -2.14. The topological polar surface area (TPSA) is 58.6 Å². The number of amides is 1. The van der Waals surface area contributed by atoms with Crippen molar-refractivity contribution in [2.45, 2.75) is 20.5 Å². The van der Waals surface area contributed by atoms with E-state index < -0.39 is 6.09 Å². The Morgan fingerprint density at radius 3 is 2.60 bits per heavy atom. The first-order chi connectivity index (χ1) is 9.56. The van der Waals surface area contributed by atoms with Crippen LogP contribution in [0.15, 0.2) is 42.5 Å². The van der Waals surface area contributed by atoms with Crippen LogP contribution in [0.4, 0.5) is 10.5 Å². The van der Waals surface area contributed by atoms with Crippen molar-refractivity contribution in [3.63, 3.8) is 0 Å². The second kappa shape index (κ2) is 6.10. The van der Waals surface area contributed by atoms with Crippen molar-refractivity contribution in [2.24, 2.45) is 0 Å². The number of nitrogens with one attached hydrogen (secondary N) is 1. The molecule has 4 heteroatoms. The lowest BCUT2D eigenvalue weighted by molar-refractivity contribution is 0.155. The van der Waals surface area contributed by atoms with Crippen LogP contribution < -0.4 is 5.32 Å². The van der Waals surface area contributed by atoms with Crippen LogP contribution in [-0.2, 0) is 11.3 Å². The van der Waals surface area contributed by atoms with Crippen molar-refractivity contribution in [2.75, 3.05) is 5.32 Å². The smallest absolute Gasteiger partial charge is 0.411 e. The predicted molar refractivity (Wildman–Crippen MR) is 77.8 cm³/mol. The average Bonchev–Trinajstić information content (AvgIpc) is 2.43. The number of carbonyl (C=O) groups is 1. The van der Waals surface area contributed by atoms with Gasteiger partial charge in [0.15, 0.2) is 0 Å². The lowest BCUT2D eigenvalue weighted by atomic mass is 10.1. The van der Waals surface area contributed by atoms with E-state index in [0.717, 1.165) is 11.1 Å². The van der Waals surface area contributed by atoms with Crippen LogP contribution in [0.25, 0.3) is 0 Å². The van der Waals surface area contributed by atoms with Crippen molar-refractivity contribution in [1.82, 2.24) is 0 Å². The fraction of sp³-hybridized carbons (Fsp3) is 0.188. The number of phenols is 1. The van der Waals surface area contributed by atoms with Gasteiger partial charge in [-0.25, -0.2) is 4.79 Å². The van der Waals surface area contributed by atoms with Crippen molar-refractivity contribution in [1.29, 1.82) is 0 Å². The van der Waals surface area contributed by atoms with Gasteiger partial charge in [0.1, 0.15) is 12.4 Å². The van der Waals surface area contributed by atoms with Crippen LogP contribution in [-0.4, -0.2) is 11.2 Å². The highest BCUT2D eigenvalue weighted by atomic mass is 16.5. The molecule has 0 atom stereocenters. The van der Waals surface area contributed by atoms with Gasteiger partial charge in [0.2, 0.25) is 0 Å². The van der Waals surface area contributed by atoms with E-state index >= 15 is 0 Å². The number of hydrogen-bond donors (Lipinski definition) is 2. The predicted octanol–water partition coefficient (Wildman–Crippen LogP) is 3.76. The number of carbonyl (C=O) groups excluding carboxylic acids is 1. The Morgan fingerprint density at radius 2 is 1.90 bits per heavy atom. The zero-order valence-corrected chi connectivity index (χ0v) is 11.5. The number of aromatic hydroxyl groups is 1. The van der Waals surface area contributed by atoms with E-state index in [2.05, 4.69) is 5.32 Å². The minimum Gasteiger partial charge on any atom is -0.508 e. The summed E-state index contributed by atoms with van der Waals surface area (Å²) >= 11 is 0. The molecule has 2 rings (SSSR count). The number of anilines is 1. The summed E-state index contributed by atoms with van der Waals surface area (Å²) in [5.74, 6) is 0.156. The van der Waals surface area contributed by atoms with Gasteiger partial charge in [0.05, 0.1) is 5.69 Å². The van der Waals surface area contributed by atoms with Crippen LogP contribution >= 0.6 is 0 Å². The molecule has 1 amide bonds. The molecule has 2 N–H and O–H groups in total. The second-order valence-corrected chi connectivity index (χ2v) is 4.64. The molecule has 0 aliphatic carbocycles. The second-order valence-electron chi connectivity index (χ2n) is 4.64. The molecule has 104 valence electrons. The summed E-state index contributed by atoms with van der Waals surface area (Å²) in [7, 11) is 0.